The van der Waals surface area contributed by atoms with Crippen LogP contribution in [0.2, 0.25) is 0 Å². The molecule has 27 heteroatoms. The van der Waals surface area contributed by atoms with Gasteiger partial charge in [0.15, 0.2) is 17.4 Å². The molecule has 4 rings (SSSR count). The summed E-state index contributed by atoms with van der Waals surface area (Å²) >= 11 is 0. The lowest BCUT2D eigenvalue weighted by Crippen LogP contribution is -2.38. The van der Waals surface area contributed by atoms with Crippen molar-refractivity contribution in [1.82, 2.24) is 4.90 Å². The van der Waals surface area contributed by atoms with Crippen LogP contribution < -0.4 is 19.8 Å². The van der Waals surface area contributed by atoms with Crippen molar-refractivity contribution in [2.24, 2.45) is 0 Å². The van der Waals surface area contributed by atoms with Crippen LogP contribution in [0.25, 0.3) is 33.4 Å². The molecule has 0 spiro atoms. The molecule has 0 radical (unpaired) electrons. The minimum absolute atomic E-state index is 0.0200. The highest BCUT2D eigenvalue weighted by Gasteiger charge is 2.26. The van der Waals surface area contributed by atoms with E-state index in [1.54, 1.807) is 0 Å². The van der Waals surface area contributed by atoms with Crippen LogP contribution in [0.3, 0.4) is 0 Å². The Bertz CT molecular complexity index is 2620. The maximum atomic E-state index is 15.8. The van der Waals surface area contributed by atoms with Crippen LogP contribution in [0.4, 0.5) is 14.5 Å². The Kier molecular flexibility index (Phi) is 22.2. The van der Waals surface area contributed by atoms with E-state index >= 15 is 8.78 Å². The van der Waals surface area contributed by atoms with Gasteiger partial charge in [0.2, 0.25) is 39.4 Å². The quantitative estimate of drug-likeness (QED) is 0.0259. The van der Waals surface area contributed by atoms with E-state index in [0.29, 0.717) is 0 Å². The lowest BCUT2D eigenvalue weighted by atomic mass is 9.93. The van der Waals surface area contributed by atoms with Crippen molar-refractivity contribution in [2.75, 3.05) is 91.4 Å². The van der Waals surface area contributed by atoms with Gasteiger partial charge in [-0.05, 0) is 29.8 Å². The molecule has 0 saturated carbocycles. The van der Waals surface area contributed by atoms with Gasteiger partial charge in [-0.15, -0.1) is 0 Å². The van der Waals surface area contributed by atoms with Gasteiger partial charge in [0.1, 0.15) is 36.8 Å². The van der Waals surface area contributed by atoms with E-state index in [1.807, 2.05) is 0 Å². The van der Waals surface area contributed by atoms with Gasteiger partial charge in [-0.3, -0.25) is 52.8 Å². The number of nitrogens with zero attached hydrogens (tertiary/aromatic N) is 2. The summed E-state index contributed by atoms with van der Waals surface area (Å²) in [6, 6.07) is 7.90. The zero-order valence-corrected chi connectivity index (χ0v) is 39.8. The average molecular weight is 1030 g/mol. The fourth-order valence-corrected chi connectivity index (χ4v) is 6.05. The van der Waals surface area contributed by atoms with E-state index in [4.69, 9.17) is 51.8 Å². The highest BCUT2D eigenvalue weighted by atomic mass is 19.1. The Morgan fingerprint density at radius 1 is 0.521 bits per heavy atom. The molecular formula is C46H48F2N2O23. The van der Waals surface area contributed by atoms with Crippen LogP contribution in [0.5, 0.6) is 11.5 Å². The van der Waals surface area contributed by atoms with Crippen molar-refractivity contribution < 1.29 is 113 Å². The minimum atomic E-state index is -1.21. The van der Waals surface area contributed by atoms with Gasteiger partial charge in [0.25, 0.3) is 0 Å². The van der Waals surface area contributed by atoms with E-state index in [1.165, 1.54) is 23.1 Å². The molecule has 0 bridgehead atoms. The van der Waals surface area contributed by atoms with Crippen LogP contribution in [-0.2, 0) is 90.5 Å². The zero-order chi connectivity index (χ0) is 53.6. The van der Waals surface area contributed by atoms with E-state index in [0.717, 1.165) is 63.8 Å². The lowest BCUT2D eigenvalue weighted by molar-refractivity contribution is -0.170. The number of halogens is 2. The predicted octanol–water partition coefficient (Wildman–Crippen LogP) is 2.50. The third-order valence-electron chi connectivity index (χ3n) is 9.20. The molecule has 73 heavy (non-hydrogen) atoms. The number of ether oxygens (including phenoxy) is 12. The Labute approximate surface area is 412 Å². The van der Waals surface area contributed by atoms with E-state index < -0.39 is 137 Å². The lowest BCUT2D eigenvalue weighted by Gasteiger charge is -2.26. The number of fused-ring (bicyclic) bond motifs is 2. The summed E-state index contributed by atoms with van der Waals surface area (Å²) in [4.78, 5) is 122. The second kappa shape index (κ2) is 28.4. The monoisotopic (exact) mass is 1030 g/mol. The first-order valence-electron chi connectivity index (χ1n) is 21.3. The molecular weight excluding hydrogens is 986 g/mol. The normalized spacial score (nSPS) is 10.7. The largest absolute Gasteiger partial charge is 0.489 e. The second-order valence-corrected chi connectivity index (χ2v) is 14.7. The van der Waals surface area contributed by atoms with Crippen molar-refractivity contribution in [1.29, 1.82) is 0 Å². The Morgan fingerprint density at radius 3 is 1.55 bits per heavy atom. The van der Waals surface area contributed by atoms with Crippen molar-refractivity contribution in [3.63, 3.8) is 0 Å². The highest BCUT2D eigenvalue weighted by Crippen LogP contribution is 2.44. The first-order chi connectivity index (χ1) is 34.7. The highest BCUT2D eigenvalue weighted by molar-refractivity contribution is 6.03. The molecule has 1 aliphatic carbocycles. The third kappa shape index (κ3) is 19.3. The summed E-state index contributed by atoms with van der Waals surface area (Å²) < 4.78 is 97.0. The molecule has 25 nitrogen and oxygen atoms in total. The van der Waals surface area contributed by atoms with Gasteiger partial charge in [-0.2, -0.15) is 0 Å². The summed E-state index contributed by atoms with van der Waals surface area (Å²) in [5.74, 6) is -10.5. The summed E-state index contributed by atoms with van der Waals surface area (Å²) in [7, 11) is 0. The second-order valence-electron chi connectivity index (χ2n) is 14.7. The first kappa shape index (κ1) is 57.1. The standard InChI is InChI=1S/C46H48F2N2O23/c1-26(51)63-21-68-41-16-40-33(14-35(41)48)46(32-13-34(47)37(56)15-39(32)73-40)31-6-7-38(36(12-31)50(19-44(59)71-24-66-29(4)54)20-45(60)72-25-67-30(5)55)62-11-10-61-9-8-49(17-42(57)69-22-64-27(2)52)18-43(58)70-23-65-28(3)53/h6-7,12-16H,8-11,17-25H2,1-5H3. The van der Waals surface area contributed by atoms with Crippen LogP contribution >= 0.6 is 0 Å². The maximum absolute atomic E-state index is 15.8. The molecule has 2 aliphatic rings. The SMILES string of the molecule is CC(=O)OCOC(=O)CN(CCOCCOc1ccc(-c2c3cc(F)c(=O)cc-3oc3cc(OCOC(C)=O)c(F)cc23)cc1N(CC(=O)OCOC(C)=O)CC(=O)OCOC(C)=O)CC(=O)OCOC(C)=O. The maximum Gasteiger partial charge on any atom is 0.328 e. The minimum Gasteiger partial charge on any atom is -0.489 e. The van der Waals surface area contributed by atoms with Crippen LogP contribution in [0, 0.1) is 11.6 Å². The number of hydrogen-bond donors (Lipinski definition) is 0. The number of esters is 9. The van der Waals surface area contributed by atoms with E-state index in [2.05, 4.69) is 9.47 Å². The molecule has 0 saturated heterocycles. The van der Waals surface area contributed by atoms with E-state index in [-0.39, 0.29) is 71.2 Å². The van der Waals surface area contributed by atoms with Crippen molar-refractivity contribution in [2.45, 2.75) is 34.6 Å². The predicted molar refractivity (Wildman–Crippen MR) is 238 cm³/mol. The Balaban J connectivity index is 1.73. The summed E-state index contributed by atoms with van der Waals surface area (Å²) in [6.45, 7) is -1.65. The number of carbonyl (C=O) groups excluding carboxylic acids is 9. The van der Waals surface area contributed by atoms with Gasteiger partial charge in [0, 0.05) is 69.8 Å². The van der Waals surface area contributed by atoms with Gasteiger partial charge in [-0.25, -0.2) is 8.78 Å². The molecule has 0 atom stereocenters. The number of hydrogen-bond acceptors (Lipinski definition) is 25. The number of carbonyl (C=O) groups is 9. The third-order valence-corrected chi connectivity index (χ3v) is 9.20. The number of rotatable bonds is 28. The fourth-order valence-electron chi connectivity index (χ4n) is 6.05. The molecule has 0 N–H and O–H groups in total. The molecule has 2 aromatic rings. The summed E-state index contributed by atoms with van der Waals surface area (Å²) in [6.07, 6.45) is 0. The first-order valence-corrected chi connectivity index (χ1v) is 21.3. The van der Waals surface area contributed by atoms with Crippen LogP contribution in [-0.4, -0.2) is 145 Å². The van der Waals surface area contributed by atoms with E-state index in [9.17, 15) is 47.9 Å². The summed E-state index contributed by atoms with van der Waals surface area (Å²) in [5.41, 5.74) is -1.16. The van der Waals surface area contributed by atoms with Crippen LogP contribution in [0.15, 0.2) is 51.7 Å². The molecule has 0 aromatic heterocycles. The smallest absolute Gasteiger partial charge is 0.328 e. The van der Waals surface area contributed by atoms with Crippen LogP contribution in [0.1, 0.15) is 34.6 Å². The molecule has 0 fully saturated rings. The fraction of sp³-hybridized carbons (Fsp3) is 0.391. The van der Waals surface area contributed by atoms with Gasteiger partial charge < -0.3 is 66.2 Å². The molecule has 2 aromatic carbocycles. The molecule has 1 heterocycles. The zero-order valence-electron chi connectivity index (χ0n) is 39.8. The van der Waals surface area contributed by atoms with Crippen molar-refractivity contribution >= 4 is 70.4 Å². The van der Waals surface area contributed by atoms with Gasteiger partial charge in [0.05, 0.1) is 32.0 Å². The number of anilines is 1. The Morgan fingerprint density at radius 2 is 1.03 bits per heavy atom. The Hall–Kier alpha value is -8.46. The molecule has 1 aliphatic heterocycles. The average Bonchev–Trinajstić information content (AvgIpc) is 3.29. The van der Waals surface area contributed by atoms with Crippen molar-refractivity contribution in [3.05, 3.63) is 64.3 Å². The van der Waals surface area contributed by atoms with Gasteiger partial charge in [-0.1, -0.05) is 6.07 Å². The molecule has 0 unspecified atom stereocenters. The molecule has 394 valence electrons. The molecule has 0 amide bonds. The topological polar surface area (TPSA) is 301 Å². The van der Waals surface area contributed by atoms with Crippen molar-refractivity contribution in [3.8, 4) is 33.9 Å². The summed E-state index contributed by atoms with van der Waals surface area (Å²) in [5, 5.41) is -0.0200. The number of benzene rings is 3. The van der Waals surface area contributed by atoms with Gasteiger partial charge >= 0.3 is 53.7 Å².